The second-order valence-electron chi connectivity index (χ2n) is 7.58. The smallest absolute Gasteiger partial charge is 0.225 e. The first-order valence-electron chi connectivity index (χ1n) is 8.95. The van der Waals surface area contributed by atoms with Gasteiger partial charge in [-0.1, -0.05) is 13.8 Å². The number of fused-ring (bicyclic) bond motifs is 1. The van der Waals surface area contributed by atoms with Gasteiger partial charge in [0.05, 0.1) is 24.9 Å². The number of hydrogen-bond donors (Lipinski definition) is 1. The number of nitrogens with one attached hydrogen (secondary N) is 1. The second-order valence-corrected chi connectivity index (χ2v) is 8.57. The van der Waals surface area contributed by atoms with E-state index in [1.807, 2.05) is 12.5 Å². The summed E-state index contributed by atoms with van der Waals surface area (Å²) in [7, 11) is 0. The summed E-state index contributed by atoms with van der Waals surface area (Å²) >= 11 is 1.69. The normalized spacial score (nSPS) is 22.4. The molecule has 1 N–H and O–H groups in total. The number of nitrogens with zero attached hydrogens (tertiary/aromatic N) is 3. The number of ether oxygens (including phenoxy) is 1. The number of aromatic nitrogens is 2. The van der Waals surface area contributed by atoms with Gasteiger partial charge in [0.25, 0.3) is 0 Å². The van der Waals surface area contributed by atoms with Crippen molar-refractivity contribution in [2.75, 3.05) is 43.2 Å². The van der Waals surface area contributed by atoms with E-state index in [1.165, 1.54) is 0 Å². The maximum absolute atomic E-state index is 12.2. The second kappa shape index (κ2) is 7.91. The molecule has 1 aliphatic heterocycles. The van der Waals surface area contributed by atoms with Crippen LogP contribution in [0.3, 0.4) is 0 Å². The number of rotatable bonds is 5. The van der Waals surface area contributed by atoms with Crippen molar-refractivity contribution in [3.63, 3.8) is 0 Å². The third-order valence-electron chi connectivity index (χ3n) is 4.83. The lowest BCUT2D eigenvalue weighted by Gasteiger charge is -2.37. The average Bonchev–Trinajstić information content (AvgIpc) is 2.59. The van der Waals surface area contributed by atoms with E-state index >= 15 is 0 Å². The molecule has 1 saturated heterocycles. The van der Waals surface area contributed by atoms with E-state index in [-0.39, 0.29) is 17.4 Å². The highest BCUT2D eigenvalue weighted by Gasteiger charge is 2.34. The van der Waals surface area contributed by atoms with Crippen LogP contribution in [0.15, 0.2) is 6.20 Å². The van der Waals surface area contributed by atoms with Crippen LogP contribution in [0.25, 0.3) is 0 Å². The van der Waals surface area contributed by atoms with Gasteiger partial charge in [0.2, 0.25) is 11.9 Å². The Morgan fingerprint density at radius 3 is 2.92 bits per heavy atom. The van der Waals surface area contributed by atoms with Gasteiger partial charge in [0.15, 0.2) is 0 Å². The Balaban J connectivity index is 1.80. The molecular formula is C18H28N4O2S. The van der Waals surface area contributed by atoms with Crippen LogP contribution < -0.4 is 10.2 Å². The average molecular weight is 365 g/mol. The highest BCUT2D eigenvalue weighted by atomic mass is 32.2. The van der Waals surface area contributed by atoms with Gasteiger partial charge in [0.1, 0.15) is 0 Å². The van der Waals surface area contributed by atoms with E-state index in [4.69, 9.17) is 9.72 Å². The summed E-state index contributed by atoms with van der Waals surface area (Å²) in [4.78, 5) is 23.8. The number of anilines is 1. The molecule has 1 fully saturated rings. The Kier molecular flexibility index (Phi) is 5.84. The van der Waals surface area contributed by atoms with Crippen LogP contribution in [-0.4, -0.2) is 54.2 Å². The van der Waals surface area contributed by atoms with Crippen molar-refractivity contribution in [2.24, 2.45) is 5.41 Å². The summed E-state index contributed by atoms with van der Waals surface area (Å²) in [5.74, 6) is 1.74. The number of carbonyl (C=O) groups is 1. The summed E-state index contributed by atoms with van der Waals surface area (Å²) in [5, 5.41) is 3.20. The molecule has 3 rings (SSSR count). The van der Waals surface area contributed by atoms with Gasteiger partial charge in [0, 0.05) is 37.0 Å². The van der Waals surface area contributed by atoms with Crippen molar-refractivity contribution in [3.8, 4) is 0 Å². The molecule has 1 aliphatic carbocycles. The Hall–Kier alpha value is -1.34. The molecule has 0 spiro atoms. The first-order valence-corrected chi connectivity index (χ1v) is 10.3. The zero-order valence-corrected chi connectivity index (χ0v) is 16.2. The molecule has 7 heteroatoms. The first kappa shape index (κ1) is 18.5. The number of thioether (sulfide) groups is 1. The fourth-order valence-electron chi connectivity index (χ4n) is 3.54. The lowest BCUT2D eigenvalue weighted by Crippen LogP contribution is -2.39. The largest absolute Gasteiger partial charge is 0.378 e. The molecule has 0 radical (unpaired) electrons. The minimum absolute atomic E-state index is 0.00634. The fourth-order valence-corrected chi connectivity index (χ4v) is 3.93. The summed E-state index contributed by atoms with van der Waals surface area (Å²) in [5.41, 5.74) is 2.26. The Bertz CT molecular complexity index is 617. The van der Waals surface area contributed by atoms with E-state index in [0.29, 0.717) is 6.42 Å². The van der Waals surface area contributed by atoms with Gasteiger partial charge < -0.3 is 15.0 Å². The fraction of sp³-hybridized carbons (Fsp3) is 0.722. The van der Waals surface area contributed by atoms with Crippen LogP contribution in [0.5, 0.6) is 0 Å². The van der Waals surface area contributed by atoms with Gasteiger partial charge in [-0.2, -0.15) is 11.8 Å². The van der Waals surface area contributed by atoms with E-state index in [9.17, 15) is 4.79 Å². The summed E-state index contributed by atoms with van der Waals surface area (Å²) < 4.78 is 5.41. The summed E-state index contributed by atoms with van der Waals surface area (Å²) in [6.45, 7) is 7.59. The van der Waals surface area contributed by atoms with Gasteiger partial charge >= 0.3 is 0 Å². The zero-order valence-electron chi connectivity index (χ0n) is 15.4. The van der Waals surface area contributed by atoms with Gasteiger partial charge in [-0.25, -0.2) is 9.97 Å². The standard InChI is InChI=1S/C18H28N4O2S/c1-18(2)10-14(20-16(23)4-9-25-3)13-12-19-17(21-15(13)11-18)22-5-7-24-8-6-22/h12,14H,4-11H2,1-3H3,(H,20,23)/t14-/m0/s1. The van der Waals surface area contributed by atoms with Crippen molar-refractivity contribution in [2.45, 2.75) is 39.2 Å². The molecule has 138 valence electrons. The van der Waals surface area contributed by atoms with Crippen molar-refractivity contribution in [3.05, 3.63) is 17.5 Å². The predicted octanol–water partition coefficient (Wildman–Crippen LogP) is 2.20. The van der Waals surface area contributed by atoms with Crippen LogP contribution in [0.1, 0.15) is 44.0 Å². The Morgan fingerprint density at radius 1 is 1.44 bits per heavy atom. The van der Waals surface area contributed by atoms with E-state index in [0.717, 1.165) is 62.1 Å². The number of morpholine rings is 1. The van der Waals surface area contributed by atoms with Crippen LogP contribution in [0.4, 0.5) is 5.95 Å². The third kappa shape index (κ3) is 4.64. The molecule has 0 bridgehead atoms. The van der Waals surface area contributed by atoms with Gasteiger partial charge in [-0.3, -0.25) is 4.79 Å². The minimum Gasteiger partial charge on any atom is -0.378 e. The SMILES string of the molecule is CSCCC(=O)N[C@H]1CC(C)(C)Cc2nc(N3CCOCC3)ncc21. The lowest BCUT2D eigenvalue weighted by atomic mass is 9.74. The molecule has 2 heterocycles. The van der Waals surface area contributed by atoms with Crippen LogP contribution in [0, 0.1) is 5.41 Å². The Labute approximate surface area is 154 Å². The van der Waals surface area contributed by atoms with Crippen molar-refractivity contribution in [1.29, 1.82) is 0 Å². The molecule has 1 amide bonds. The Morgan fingerprint density at radius 2 is 2.20 bits per heavy atom. The lowest BCUT2D eigenvalue weighted by molar-refractivity contribution is -0.121. The van der Waals surface area contributed by atoms with Gasteiger partial charge in [-0.15, -0.1) is 0 Å². The monoisotopic (exact) mass is 364 g/mol. The predicted molar refractivity (Wildman–Crippen MR) is 101 cm³/mol. The molecule has 6 nitrogen and oxygen atoms in total. The maximum atomic E-state index is 12.2. The minimum atomic E-state index is 0.00634. The molecule has 1 aromatic heterocycles. The van der Waals surface area contributed by atoms with E-state index < -0.39 is 0 Å². The number of carbonyl (C=O) groups excluding carboxylic acids is 1. The van der Waals surface area contributed by atoms with Crippen molar-refractivity contribution < 1.29 is 9.53 Å². The highest BCUT2D eigenvalue weighted by molar-refractivity contribution is 7.98. The van der Waals surface area contributed by atoms with E-state index in [1.54, 1.807) is 11.8 Å². The first-order chi connectivity index (χ1) is 12.0. The van der Waals surface area contributed by atoms with Crippen molar-refractivity contribution in [1.82, 2.24) is 15.3 Å². The molecule has 1 atom stereocenters. The molecule has 1 aromatic rings. The molecule has 0 aromatic carbocycles. The van der Waals surface area contributed by atoms with Crippen LogP contribution in [-0.2, 0) is 16.0 Å². The molecule has 0 unspecified atom stereocenters. The van der Waals surface area contributed by atoms with E-state index in [2.05, 4.69) is 29.0 Å². The van der Waals surface area contributed by atoms with Crippen molar-refractivity contribution >= 4 is 23.6 Å². The topological polar surface area (TPSA) is 67.4 Å². The number of amides is 1. The third-order valence-corrected chi connectivity index (χ3v) is 5.44. The zero-order chi connectivity index (χ0) is 17.9. The van der Waals surface area contributed by atoms with Crippen LogP contribution in [0.2, 0.25) is 0 Å². The quantitative estimate of drug-likeness (QED) is 0.864. The van der Waals surface area contributed by atoms with Gasteiger partial charge in [-0.05, 0) is 24.5 Å². The molecule has 0 saturated carbocycles. The maximum Gasteiger partial charge on any atom is 0.225 e. The number of hydrogen-bond acceptors (Lipinski definition) is 6. The van der Waals surface area contributed by atoms with Crippen LogP contribution >= 0.6 is 11.8 Å². The molecule has 25 heavy (non-hydrogen) atoms. The molecule has 2 aliphatic rings. The summed E-state index contributed by atoms with van der Waals surface area (Å²) in [6.07, 6.45) is 6.33. The highest BCUT2D eigenvalue weighted by Crippen LogP contribution is 2.40. The summed E-state index contributed by atoms with van der Waals surface area (Å²) in [6, 6.07) is 0.00634. The molecular weight excluding hydrogens is 336 g/mol.